The second-order valence-corrected chi connectivity index (χ2v) is 7.32. The van der Waals surface area contributed by atoms with Gasteiger partial charge in [-0.3, -0.25) is 4.79 Å². The van der Waals surface area contributed by atoms with Crippen molar-refractivity contribution >= 4 is 23.1 Å². The predicted molar refractivity (Wildman–Crippen MR) is 99.2 cm³/mol. The number of nitrogens with one attached hydrogen (secondary N) is 2. The zero-order valence-corrected chi connectivity index (χ0v) is 15.6. The number of hydrogen-bond acceptors (Lipinski definition) is 6. The number of nitrogens with zero attached hydrogens (tertiary/aromatic N) is 2. The van der Waals surface area contributed by atoms with E-state index in [0.29, 0.717) is 25.3 Å². The maximum absolute atomic E-state index is 12.1. The Labute approximate surface area is 151 Å². The highest BCUT2D eigenvalue weighted by Crippen LogP contribution is 2.07. The van der Waals surface area contributed by atoms with Crippen LogP contribution in [0, 0.1) is 0 Å². The molecule has 0 unspecified atom stereocenters. The van der Waals surface area contributed by atoms with Crippen molar-refractivity contribution in [2.45, 2.75) is 39.3 Å². The van der Waals surface area contributed by atoms with Gasteiger partial charge in [0, 0.05) is 25.7 Å². The fourth-order valence-corrected chi connectivity index (χ4v) is 2.76. The van der Waals surface area contributed by atoms with Gasteiger partial charge in [-0.15, -0.1) is 0 Å². The first kappa shape index (κ1) is 19.0. The lowest BCUT2D eigenvalue weighted by atomic mass is 10.2. The summed E-state index contributed by atoms with van der Waals surface area (Å²) in [5, 5.41) is 14.0. The Balaban J connectivity index is 1.75. The summed E-state index contributed by atoms with van der Waals surface area (Å²) >= 11 is 1.64. The molecular formula is C17H24N4O3S. The summed E-state index contributed by atoms with van der Waals surface area (Å²) in [4.78, 5) is 23.6. The van der Waals surface area contributed by atoms with E-state index in [4.69, 9.17) is 4.74 Å². The Morgan fingerprint density at radius 1 is 1.36 bits per heavy atom. The Kier molecular flexibility index (Phi) is 6.58. The molecule has 0 bridgehead atoms. The summed E-state index contributed by atoms with van der Waals surface area (Å²) in [7, 11) is 0. The molecule has 2 aromatic heterocycles. The Morgan fingerprint density at radius 2 is 2.16 bits per heavy atom. The molecule has 0 aliphatic carbocycles. The average Bonchev–Trinajstić information content (AvgIpc) is 3.02. The molecule has 0 aliphatic rings. The molecule has 8 heteroatoms. The van der Waals surface area contributed by atoms with Crippen molar-refractivity contribution < 1.29 is 9.53 Å². The maximum atomic E-state index is 12.1. The first-order valence-electron chi connectivity index (χ1n) is 8.12. The number of anilines is 1. The third-order valence-electron chi connectivity index (χ3n) is 3.18. The molecule has 1 amide bonds. The summed E-state index contributed by atoms with van der Waals surface area (Å²) in [5.41, 5.74) is 1.16. The molecule has 0 saturated heterocycles. The van der Waals surface area contributed by atoms with Gasteiger partial charge in [0.2, 0.25) is 0 Å². The molecule has 2 N–H and O–H groups in total. The third kappa shape index (κ3) is 6.96. The quantitative estimate of drug-likeness (QED) is 0.737. The highest BCUT2D eigenvalue weighted by atomic mass is 32.1. The molecule has 0 radical (unpaired) electrons. The lowest BCUT2D eigenvalue weighted by molar-refractivity contribution is 0.0530. The zero-order chi connectivity index (χ0) is 18.3. The van der Waals surface area contributed by atoms with Gasteiger partial charge in [-0.1, -0.05) is 0 Å². The number of ether oxygens (including phenoxy) is 1. The number of aryl methyl sites for hydroxylation is 2. The minimum atomic E-state index is -0.519. The molecule has 0 spiro atoms. The molecule has 136 valence electrons. The largest absolute Gasteiger partial charge is 0.444 e. The number of rotatable bonds is 7. The van der Waals surface area contributed by atoms with Gasteiger partial charge in [-0.2, -0.15) is 16.4 Å². The van der Waals surface area contributed by atoms with E-state index < -0.39 is 11.7 Å². The summed E-state index contributed by atoms with van der Waals surface area (Å²) in [6.45, 7) is 6.84. The highest BCUT2D eigenvalue weighted by Gasteiger charge is 2.15. The lowest BCUT2D eigenvalue weighted by Gasteiger charge is -2.19. The van der Waals surface area contributed by atoms with Crippen LogP contribution in [0.1, 0.15) is 26.3 Å². The van der Waals surface area contributed by atoms with Crippen LogP contribution in [0.5, 0.6) is 0 Å². The first-order chi connectivity index (χ1) is 11.8. The topological polar surface area (TPSA) is 85.2 Å². The van der Waals surface area contributed by atoms with Crippen LogP contribution in [-0.4, -0.2) is 34.6 Å². The second-order valence-electron chi connectivity index (χ2n) is 6.54. The number of carbonyl (C=O) groups is 1. The fraction of sp³-hybridized carbons (Fsp3) is 0.471. The van der Waals surface area contributed by atoms with Crippen LogP contribution in [-0.2, 0) is 17.7 Å². The number of alkyl carbamates (subject to hydrolysis) is 1. The van der Waals surface area contributed by atoms with E-state index in [0.717, 1.165) is 6.42 Å². The Bertz CT molecular complexity index is 735. The lowest BCUT2D eigenvalue weighted by Crippen LogP contribution is -2.35. The van der Waals surface area contributed by atoms with Crippen LogP contribution in [0.2, 0.25) is 0 Å². The van der Waals surface area contributed by atoms with Gasteiger partial charge in [0.15, 0.2) is 0 Å². The van der Waals surface area contributed by atoms with Crippen molar-refractivity contribution in [1.82, 2.24) is 15.1 Å². The van der Waals surface area contributed by atoms with Crippen molar-refractivity contribution in [2.24, 2.45) is 0 Å². The van der Waals surface area contributed by atoms with Gasteiger partial charge < -0.3 is 15.4 Å². The van der Waals surface area contributed by atoms with Gasteiger partial charge in [0.05, 0.1) is 11.9 Å². The smallest absolute Gasteiger partial charge is 0.407 e. The molecule has 2 aromatic rings. The predicted octanol–water partition coefficient (Wildman–Crippen LogP) is 2.48. The van der Waals surface area contributed by atoms with Crippen LogP contribution < -0.4 is 16.2 Å². The van der Waals surface area contributed by atoms with Gasteiger partial charge in [-0.25, -0.2) is 9.48 Å². The molecule has 25 heavy (non-hydrogen) atoms. The van der Waals surface area contributed by atoms with E-state index in [1.807, 2.05) is 32.2 Å². The van der Waals surface area contributed by atoms with Crippen LogP contribution in [0.15, 0.2) is 33.9 Å². The normalized spacial score (nSPS) is 11.2. The fourth-order valence-electron chi connectivity index (χ4n) is 2.05. The van der Waals surface area contributed by atoms with Gasteiger partial charge in [0.25, 0.3) is 5.56 Å². The number of aromatic nitrogens is 2. The van der Waals surface area contributed by atoms with Gasteiger partial charge in [0.1, 0.15) is 5.60 Å². The van der Waals surface area contributed by atoms with Crippen LogP contribution in [0.25, 0.3) is 0 Å². The number of hydrogen-bond donors (Lipinski definition) is 2. The Hall–Kier alpha value is -2.35. The van der Waals surface area contributed by atoms with E-state index in [1.165, 1.54) is 16.3 Å². The summed E-state index contributed by atoms with van der Waals surface area (Å²) in [6, 6.07) is 3.55. The molecule has 0 saturated carbocycles. The standard InChI is InChI=1S/C17H24N4O3S/c1-17(2,3)24-16(23)19-7-6-18-14-10-15(22)21(20-11-14)8-4-13-5-9-25-12-13/h5,9-12,18H,4,6-8H2,1-3H3,(H,19,23). The Morgan fingerprint density at radius 3 is 2.80 bits per heavy atom. The maximum Gasteiger partial charge on any atom is 0.407 e. The van der Waals surface area contributed by atoms with E-state index in [2.05, 4.69) is 21.1 Å². The third-order valence-corrected chi connectivity index (χ3v) is 3.92. The minimum absolute atomic E-state index is 0.152. The van der Waals surface area contributed by atoms with Crippen molar-refractivity contribution in [2.75, 3.05) is 18.4 Å². The van der Waals surface area contributed by atoms with Crippen molar-refractivity contribution in [3.63, 3.8) is 0 Å². The minimum Gasteiger partial charge on any atom is -0.444 e. The zero-order valence-electron chi connectivity index (χ0n) is 14.7. The number of amides is 1. The SMILES string of the molecule is CC(C)(C)OC(=O)NCCNc1cnn(CCc2ccsc2)c(=O)c1. The molecule has 2 heterocycles. The van der Waals surface area contributed by atoms with E-state index in [1.54, 1.807) is 17.5 Å². The number of thiophene rings is 1. The summed E-state index contributed by atoms with van der Waals surface area (Å²) < 4.78 is 6.59. The molecule has 0 aliphatic heterocycles. The molecule has 7 nitrogen and oxygen atoms in total. The molecule has 0 aromatic carbocycles. The van der Waals surface area contributed by atoms with Gasteiger partial charge in [-0.05, 0) is 49.6 Å². The van der Waals surface area contributed by atoms with Crippen LogP contribution in [0.3, 0.4) is 0 Å². The highest BCUT2D eigenvalue weighted by molar-refractivity contribution is 7.07. The van der Waals surface area contributed by atoms with E-state index >= 15 is 0 Å². The van der Waals surface area contributed by atoms with Crippen molar-refractivity contribution in [1.29, 1.82) is 0 Å². The van der Waals surface area contributed by atoms with E-state index in [-0.39, 0.29) is 5.56 Å². The first-order valence-corrected chi connectivity index (χ1v) is 9.07. The van der Waals surface area contributed by atoms with E-state index in [9.17, 15) is 9.59 Å². The average molecular weight is 364 g/mol. The molecular weight excluding hydrogens is 340 g/mol. The van der Waals surface area contributed by atoms with Crippen LogP contribution >= 0.6 is 11.3 Å². The van der Waals surface area contributed by atoms with Crippen molar-refractivity contribution in [3.8, 4) is 0 Å². The second kappa shape index (κ2) is 8.66. The summed E-state index contributed by atoms with van der Waals surface area (Å²) in [5.74, 6) is 0. The molecule has 0 atom stereocenters. The molecule has 2 rings (SSSR count). The van der Waals surface area contributed by atoms with Crippen LogP contribution in [0.4, 0.5) is 10.5 Å². The number of carbonyl (C=O) groups excluding carboxylic acids is 1. The van der Waals surface area contributed by atoms with Crippen molar-refractivity contribution in [3.05, 3.63) is 45.0 Å². The molecule has 0 fully saturated rings. The summed E-state index contributed by atoms with van der Waals surface area (Å²) in [6.07, 6.45) is 1.93. The monoisotopic (exact) mass is 364 g/mol. The van der Waals surface area contributed by atoms with Gasteiger partial charge >= 0.3 is 6.09 Å².